The molecule has 0 aliphatic heterocycles. The number of hydrogen-bond donors (Lipinski definition) is 0. The number of rotatable bonds is 1. The van der Waals surface area contributed by atoms with Crippen LogP contribution in [0.15, 0.2) is 60.7 Å². The number of benzene rings is 2. The quantitative estimate of drug-likeness (QED) is 0.638. The second kappa shape index (κ2) is 4.31. The van der Waals surface area contributed by atoms with Crippen LogP contribution in [-0.4, -0.2) is 4.98 Å². The van der Waals surface area contributed by atoms with Crippen LogP contribution < -0.4 is 0 Å². The first-order chi connectivity index (χ1) is 8.88. The number of pyridine rings is 1. The van der Waals surface area contributed by atoms with E-state index in [0.717, 1.165) is 22.0 Å². The lowest BCUT2D eigenvalue weighted by Gasteiger charge is -2.06. The van der Waals surface area contributed by atoms with E-state index in [1.807, 2.05) is 42.5 Å². The second-order valence-electron chi connectivity index (χ2n) is 4.05. The maximum absolute atomic E-state index is 8.95. The van der Waals surface area contributed by atoms with Crippen LogP contribution >= 0.6 is 0 Å². The van der Waals surface area contributed by atoms with Gasteiger partial charge >= 0.3 is 0 Å². The monoisotopic (exact) mass is 230 g/mol. The van der Waals surface area contributed by atoms with E-state index in [-0.39, 0.29) is 0 Å². The van der Waals surface area contributed by atoms with Crippen LogP contribution in [0, 0.1) is 11.3 Å². The molecule has 2 aromatic carbocycles. The minimum absolute atomic E-state index is 0.450. The van der Waals surface area contributed by atoms with Crippen molar-refractivity contribution in [2.24, 2.45) is 0 Å². The van der Waals surface area contributed by atoms with E-state index < -0.39 is 0 Å². The van der Waals surface area contributed by atoms with Gasteiger partial charge in [-0.3, -0.25) is 0 Å². The lowest BCUT2D eigenvalue weighted by molar-refractivity contribution is 1.32. The Bertz CT molecular complexity index is 740. The molecule has 1 heterocycles. The molecule has 3 rings (SSSR count). The fourth-order valence-electron chi connectivity index (χ4n) is 2.06. The molecule has 0 N–H and O–H groups in total. The van der Waals surface area contributed by atoms with Gasteiger partial charge in [-0.05, 0) is 17.7 Å². The summed E-state index contributed by atoms with van der Waals surface area (Å²) in [5.41, 5.74) is 3.50. The molecule has 0 amide bonds. The van der Waals surface area contributed by atoms with Gasteiger partial charge in [0.1, 0.15) is 11.8 Å². The van der Waals surface area contributed by atoms with Crippen LogP contribution in [0.2, 0.25) is 0 Å². The molecule has 0 aliphatic rings. The van der Waals surface area contributed by atoms with E-state index in [1.165, 1.54) is 0 Å². The summed E-state index contributed by atoms with van der Waals surface area (Å²) in [6, 6.07) is 21.9. The molecule has 0 saturated carbocycles. The number of hydrogen-bond acceptors (Lipinski definition) is 2. The molecular formula is C16H10N2. The molecule has 0 unspecified atom stereocenters. The summed E-state index contributed by atoms with van der Waals surface area (Å²) in [5.74, 6) is 0. The standard InChI is InChI=1S/C16H10N2/c17-11-14-10-9-13-7-4-8-15(16(13)18-14)12-5-2-1-3-6-12/h1-10H. The molecule has 0 bridgehead atoms. The zero-order valence-corrected chi connectivity index (χ0v) is 9.67. The molecule has 84 valence electrons. The molecule has 0 fully saturated rings. The Morgan fingerprint density at radius 2 is 1.67 bits per heavy atom. The van der Waals surface area contributed by atoms with Gasteiger partial charge < -0.3 is 0 Å². The number of nitrogens with zero attached hydrogens (tertiary/aromatic N) is 2. The average molecular weight is 230 g/mol. The molecular weight excluding hydrogens is 220 g/mol. The normalized spacial score (nSPS) is 10.2. The van der Waals surface area contributed by atoms with Crippen molar-refractivity contribution in [2.45, 2.75) is 0 Å². The van der Waals surface area contributed by atoms with Crippen molar-refractivity contribution in [1.82, 2.24) is 4.98 Å². The molecule has 0 atom stereocenters. The summed E-state index contributed by atoms with van der Waals surface area (Å²) < 4.78 is 0. The van der Waals surface area contributed by atoms with Gasteiger partial charge in [-0.25, -0.2) is 4.98 Å². The predicted octanol–water partition coefficient (Wildman–Crippen LogP) is 3.77. The van der Waals surface area contributed by atoms with Crippen molar-refractivity contribution >= 4 is 10.9 Å². The number of aromatic nitrogens is 1. The average Bonchev–Trinajstić information content (AvgIpc) is 2.47. The summed E-state index contributed by atoms with van der Waals surface area (Å²) in [6.45, 7) is 0. The minimum Gasteiger partial charge on any atom is -0.236 e. The van der Waals surface area contributed by atoms with E-state index >= 15 is 0 Å². The summed E-state index contributed by atoms with van der Waals surface area (Å²) in [5, 5.41) is 10.00. The Labute approximate surface area is 105 Å². The Balaban J connectivity index is 2.33. The highest BCUT2D eigenvalue weighted by Gasteiger charge is 2.05. The van der Waals surface area contributed by atoms with E-state index in [9.17, 15) is 0 Å². The SMILES string of the molecule is N#Cc1ccc2cccc(-c3ccccc3)c2n1. The Kier molecular flexibility index (Phi) is 2.51. The van der Waals surface area contributed by atoms with E-state index in [4.69, 9.17) is 5.26 Å². The van der Waals surface area contributed by atoms with Crippen molar-refractivity contribution in [3.63, 3.8) is 0 Å². The molecule has 0 radical (unpaired) electrons. The molecule has 1 aromatic heterocycles. The van der Waals surface area contributed by atoms with E-state index in [2.05, 4.69) is 23.2 Å². The van der Waals surface area contributed by atoms with E-state index in [1.54, 1.807) is 6.07 Å². The first kappa shape index (κ1) is 10.5. The first-order valence-corrected chi connectivity index (χ1v) is 5.74. The highest BCUT2D eigenvalue weighted by Crippen LogP contribution is 2.27. The van der Waals surface area contributed by atoms with Gasteiger partial charge in [-0.2, -0.15) is 5.26 Å². The highest BCUT2D eigenvalue weighted by molar-refractivity contribution is 5.93. The van der Waals surface area contributed by atoms with Gasteiger partial charge in [0.15, 0.2) is 0 Å². The maximum Gasteiger partial charge on any atom is 0.141 e. The van der Waals surface area contributed by atoms with Gasteiger partial charge in [0.2, 0.25) is 0 Å². The smallest absolute Gasteiger partial charge is 0.141 e. The zero-order chi connectivity index (χ0) is 12.4. The van der Waals surface area contributed by atoms with Gasteiger partial charge in [-0.1, -0.05) is 48.5 Å². The largest absolute Gasteiger partial charge is 0.236 e. The summed E-state index contributed by atoms with van der Waals surface area (Å²) in [4.78, 5) is 4.41. The van der Waals surface area contributed by atoms with Gasteiger partial charge in [0.05, 0.1) is 5.52 Å². The lowest BCUT2D eigenvalue weighted by Crippen LogP contribution is -1.87. The summed E-state index contributed by atoms with van der Waals surface area (Å²) in [6.07, 6.45) is 0. The van der Waals surface area contributed by atoms with Gasteiger partial charge in [0, 0.05) is 10.9 Å². The maximum atomic E-state index is 8.95. The third-order valence-electron chi connectivity index (χ3n) is 2.92. The Morgan fingerprint density at radius 3 is 2.44 bits per heavy atom. The molecule has 0 spiro atoms. The molecule has 2 nitrogen and oxygen atoms in total. The molecule has 18 heavy (non-hydrogen) atoms. The van der Waals surface area contributed by atoms with Crippen molar-refractivity contribution in [3.8, 4) is 17.2 Å². The summed E-state index contributed by atoms with van der Waals surface area (Å²) >= 11 is 0. The number of para-hydroxylation sites is 1. The lowest BCUT2D eigenvalue weighted by atomic mass is 10.0. The van der Waals surface area contributed by atoms with Crippen molar-refractivity contribution < 1.29 is 0 Å². The van der Waals surface area contributed by atoms with Crippen LogP contribution in [0.4, 0.5) is 0 Å². The van der Waals surface area contributed by atoms with Crippen LogP contribution in [0.5, 0.6) is 0 Å². The Hall–Kier alpha value is -2.66. The molecule has 0 saturated heterocycles. The van der Waals surface area contributed by atoms with Crippen molar-refractivity contribution in [3.05, 3.63) is 66.4 Å². The van der Waals surface area contributed by atoms with Crippen molar-refractivity contribution in [1.29, 1.82) is 5.26 Å². The van der Waals surface area contributed by atoms with Crippen LogP contribution in [0.1, 0.15) is 5.69 Å². The van der Waals surface area contributed by atoms with Gasteiger partial charge in [-0.15, -0.1) is 0 Å². The Morgan fingerprint density at radius 1 is 0.833 bits per heavy atom. The van der Waals surface area contributed by atoms with Crippen LogP contribution in [0.3, 0.4) is 0 Å². The first-order valence-electron chi connectivity index (χ1n) is 5.74. The van der Waals surface area contributed by atoms with Crippen molar-refractivity contribution in [2.75, 3.05) is 0 Å². The predicted molar refractivity (Wildman–Crippen MR) is 71.9 cm³/mol. The topological polar surface area (TPSA) is 36.7 Å². The highest BCUT2D eigenvalue weighted by atomic mass is 14.7. The zero-order valence-electron chi connectivity index (χ0n) is 9.67. The third-order valence-corrected chi connectivity index (χ3v) is 2.92. The number of fused-ring (bicyclic) bond motifs is 1. The van der Waals surface area contributed by atoms with Crippen LogP contribution in [0.25, 0.3) is 22.0 Å². The minimum atomic E-state index is 0.450. The fraction of sp³-hybridized carbons (Fsp3) is 0. The molecule has 0 aliphatic carbocycles. The van der Waals surface area contributed by atoms with Crippen LogP contribution in [-0.2, 0) is 0 Å². The third kappa shape index (κ3) is 1.72. The molecule has 2 heteroatoms. The molecule has 3 aromatic rings. The second-order valence-corrected chi connectivity index (χ2v) is 4.05. The summed E-state index contributed by atoms with van der Waals surface area (Å²) in [7, 11) is 0. The number of nitriles is 1. The fourth-order valence-corrected chi connectivity index (χ4v) is 2.06. The van der Waals surface area contributed by atoms with E-state index in [0.29, 0.717) is 5.69 Å². The van der Waals surface area contributed by atoms with Gasteiger partial charge in [0.25, 0.3) is 0 Å².